The minimum absolute atomic E-state index is 0.367. The summed E-state index contributed by atoms with van der Waals surface area (Å²) in [7, 11) is 3.84. The van der Waals surface area contributed by atoms with Gasteiger partial charge < -0.3 is 20.9 Å². The fraction of sp³-hybridized carbons (Fsp3) is 0.190. The maximum Gasteiger partial charge on any atom is 0.323 e. The summed E-state index contributed by atoms with van der Waals surface area (Å²) < 4.78 is 13.6. The lowest BCUT2D eigenvalue weighted by Crippen LogP contribution is -2.19. The van der Waals surface area contributed by atoms with Gasteiger partial charge in [-0.15, -0.1) is 0 Å². The third-order valence-electron chi connectivity index (χ3n) is 4.13. The lowest BCUT2D eigenvalue weighted by molar-refractivity contribution is 0.262. The number of carbonyl (C=O) groups excluding carboxylic acids is 1. The number of urea groups is 1. The molecular formula is C21H23FN6O. The fourth-order valence-corrected chi connectivity index (χ4v) is 2.57. The summed E-state index contributed by atoms with van der Waals surface area (Å²) in [5, 5.41) is 8.47. The lowest BCUT2D eigenvalue weighted by Gasteiger charge is -2.14. The first-order chi connectivity index (χ1) is 13.8. The van der Waals surface area contributed by atoms with Crippen molar-refractivity contribution in [1.82, 2.24) is 9.97 Å². The third-order valence-corrected chi connectivity index (χ3v) is 4.13. The number of aromatic nitrogens is 2. The van der Waals surface area contributed by atoms with Crippen molar-refractivity contribution < 1.29 is 9.18 Å². The Morgan fingerprint density at radius 3 is 2.17 bits per heavy atom. The number of nitrogens with zero attached hydrogens (tertiary/aromatic N) is 3. The van der Waals surface area contributed by atoms with E-state index in [-0.39, 0.29) is 5.82 Å². The van der Waals surface area contributed by atoms with Crippen LogP contribution in [0.3, 0.4) is 0 Å². The Bertz CT molecular complexity index is 1020. The van der Waals surface area contributed by atoms with Crippen LogP contribution in [-0.2, 0) is 0 Å². The van der Waals surface area contributed by atoms with Gasteiger partial charge in [0.1, 0.15) is 11.6 Å². The van der Waals surface area contributed by atoms with Crippen LogP contribution in [0.5, 0.6) is 0 Å². The van der Waals surface area contributed by atoms with Gasteiger partial charge >= 0.3 is 6.03 Å². The van der Waals surface area contributed by atoms with Crippen molar-refractivity contribution >= 4 is 34.9 Å². The molecule has 0 aliphatic rings. The minimum atomic E-state index is -0.452. The molecule has 8 heteroatoms. The highest BCUT2D eigenvalue weighted by Crippen LogP contribution is 2.20. The molecule has 0 saturated carbocycles. The highest BCUT2D eigenvalue weighted by atomic mass is 19.1. The van der Waals surface area contributed by atoms with Gasteiger partial charge in [-0.05, 0) is 55.8 Å². The number of amides is 2. The van der Waals surface area contributed by atoms with Crippen molar-refractivity contribution in [3.05, 3.63) is 65.6 Å². The highest BCUT2D eigenvalue weighted by molar-refractivity contribution is 5.99. The van der Waals surface area contributed by atoms with E-state index < -0.39 is 6.03 Å². The van der Waals surface area contributed by atoms with Crippen LogP contribution in [0.1, 0.15) is 11.3 Å². The summed E-state index contributed by atoms with van der Waals surface area (Å²) in [4.78, 5) is 22.9. The first kappa shape index (κ1) is 20.1. The molecule has 1 aromatic heterocycles. The quantitative estimate of drug-likeness (QED) is 0.585. The molecule has 0 fully saturated rings. The summed E-state index contributed by atoms with van der Waals surface area (Å²) in [6.07, 6.45) is 0. The van der Waals surface area contributed by atoms with E-state index >= 15 is 0 Å². The number of aryl methyl sites for hydroxylation is 2. The van der Waals surface area contributed by atoms with Crippen LogP contribution in [0.15, 0.2) is 48.5 Å². The average Bonchev–Trinajstić information content (AvgIpc) is 2.66. The maximum absolute atomic E-state index is 13.6. The van der Waals surface area contributed by atoms with Crippen molar-refractivity contribution in [2.75, 3.05) is 34.9 Å². The molecule has 3 aromatic rings. The summed E-state index contributed by atoms with van der Waals surface area (Å²) in [5.74, 6) is 0.935. The summed E-state index contributed by atoms with van der Waals surface area (Å²) in [6.45, 7) is 3.57. The van der Waals surface area contributed by atoms with Crippen molar-refractivity contribution in [2.45, 2.75) is 13.8 Å². The second-order valence-electron chi connectivity index (χ2n) is 6.83. The van der Waals surface area contributed by atoms with E-state index in [1.165, 1.54) is 6.07 Å². The predicted octanol–water partition coefficient (Wildman–Crippen LogP) is 4.69. The van der Waals surface area contributed by atoms with Crippen molar-refractivity contribution in [1.29, 1.82) is 0 Å². The number of carbonyl (C=O) groups is 1. The molecule has 0 unspecified atom stereocenters. The largest absolute Gasteiger partial charge is 0.363 e. The highest BCUT2D eigenvalue weighted by Gasteiger charge is 2.07. The molecule has 0 saturated heterocycles. The number of anilines is 5. The molecule has 3 rings (SSSR count). The monoisotopic (exact) mass is 394 g/mol. The summed E-state index contributed by atoms with van der Waals surface area (Å²) in [5.41, 5.74) is 3.15. The van der Waals surface area contributed by atoms with Gasteiger partial charge in [0.2, 0.25) is 5.95 Å². The molecule has 0 atom stereocenters. The first-order valence-electron chi connectivity index (χ1n) is 9.04. The van der Waals surface area contributed by atoms with Gasteiger partial charge in [0.15, 0.2) is 0 Å². The van der Waals surface area contributed by atoms with Crippen LogP contribution in [0.2, 0.25) is 0 Å². The number of hydrogen-bond acceptors (Lipinski definition) is 5. The summed E-state index contributed by atoms with van der Waals surface area (Å²) in [6, 6.07) is 13.1. The molecular weight excluding hydrogens is 371 g/mol. The van der Waals surface area contributed by atoms with Crippen LogP contribution in [0.25, 0.3) is 0 Å². The Morgan fingerprint density at radius 2 is 1.52 bits per heavy atom. The van der Waals surface area contributed by atoms with Gasteiger partial charge in [-0.2, -0.15) is 4.98 Å². The molecule has 150 valence electrons. The number of benzene rings is 2. The first-order valence-corrected chi connectivity index (χ1v) is 9.04. The van der Waals surface area contributed by atoms with E-state index in [0.717, 1.165) is 17.2 Å². The Labute approximate surface area is 169 Å². The second-order valence-corrected chi connectivity index (χ2v) is 6.83. The third kappa shape index (κ3) is 5.41. The molecule has 0 aliphatic heterocycles. The predicted molar refractivity (Wildman–Crippen MR) is 115 cm³/mol. The van der Waals surface area contributed by atoms with Crippen LogP contribution in [0.4, 0.5) is 38.0 Å². The molecule has 3 N–H and O–H groups in total. The Morgan fingerprint density at radius 1 is 0.897 bits per heavy atom. The van der Waals surface area contributed by atoms with Crippen LogP contribution in [0, 0.1) is 19.7 Å². The zero-order valence-corrected chi connectivity index (χ0v) is 16.7. The van der Waals surface area contributed by atoms with Crippen LogP contribution >= 0.6 is 0 Å². The van der Waals surface area contributed by atoms with Crippen molar-refractivity contribution in [2.24, 2.45) is 0 Å². The van der Waals surface area contributed by atoms with Gasteiger partial charge in [-0.3, -0.25) is 0 Å². The molecule has 1 heterocycles. The molecule has 2 amide bonds. The molecule has 0 bridgehead atoms. The zero-order valence-electron chi connectivity index (χ0n) is 16.7. The van der Waals surface area contributed by atoms with E-state index in [0.29, 0.717) is 22.9 Å². The SMILES string of the molecule is Cc1cc(N(C)C)nc(Nc2ccc(NC(=O)Nc3ccc(C)c(F)c3)cc2)n1. The van der Waals surface area contributed by atoms with Crippen molar-refractivity contribution in [3.8, 4) is 0 Å². The molecule has 0 spiro atoms. The van der Waals surface area contributed by atoms with E-state index in [2.05, 4.69) is 25.9 Å². The van der Waals surface area contributed by atoms with Gasteiger partial charge in [-0.1, -0.05) is 6.07 Å². The second kappa shape index (κ2) is 8.55. The van der Waals surface area contributed by atoms with Gasteiger partial charge in [-0.25, -0.2) is 14.2 Å². The molecule has 0 radical (unpaired) electrons. The van der Waals surface area contributed by atoms with E-state index in [9.17, 15) is 9.18 Å². The molecule has 0 aliphatic carbocycles. The van der Waals surface area contributed by atoms with Crippen LogP contribution in [-0.4, -0.2) is 30.1 Å². The standard InChI is InChI=1S/C21H23FN6O/c1-13-5-6-17(12-18(13)22)26-21(29)25-16-9-7-15(8-10-16)24-20-23-14(2)11-19(27-20)28(3)4/h5-12H,1-4H3,(H,23,24,27)(H2,25,26,29). The number of hydrogen-bond donors (Lipinski definition) is 3. The smallest absolute Gasteiger partial charge is 0.323 e. The summed E-state index contributed by atoms with van der Waals surface area (Å²) >= 11 is 0. The minimum Gasteiger partial charge on any atom is -0.363 e. The lowest BCUT2D eigenvalue weighted by atomic mass is 10.2. The Balaban J connectivity index is 1.62. The van der Waals surface area contributed by atoms with Crippen LogP contribution < -0.4 is 20.9 Å². The zero-order chi connectivity index (χ0) is 21.0. The van der Waals surface area contributed by atoms with E-state index in [1.54, 1.807) is 31.2 Å². The van der Waals surface area contributed by atoms with E-state index in [1.807, 2.05) is 44.1 Å². The number of halogens is 1. The fourth-order valence-electron chi connectivity index (χ4n) is 2.57. The average molecular weight is 394 g/mol. The van der Waals surface area contributed by atoms with Gasteiger partial charge in [0.25, 0.3) is 0 Å². The molecule has 29 heavy (non-hydrogen) atoms. The molecule has 2 aromatic carbocycles. The number of rotatable bonds is 5. The number of nitrogens with one attached hydrogen (secondary N) is 3. The van der Waals surface area contributed by atoms with Crippen molar-refractivity contribution in [3.63, 3.8) is 0 Å². The van der Waals surface area contributed by atoms with Gasteiger partial charge in [0.05, 0.1) is 0 Å². The Hall–Kier alpha value is -3.68. The normalized spacial score (nSPS) is 10.4. The van der Waals surface area contributed by atoms with E-state index in [4.69, 9.17) is 0 Å². The Kier molecular flexibility index (Phi) is 5.92. The maximum atomic E-state index is 13.6. The molecule has 7 nitrogen and oxygen atoms in total. The topological polar surface area (TPSA) is 82.2 Å². The van der Waals surface area contributed by atoms with Gasteiger partial charge in [0, 0.05) is 42.9 Å².